The van der Waals surface area contributed by atoms with Crippen molar-refractivity contribution in [3.05, 3.63) is 63.0 Å². The number of hydrogen-bond acceptors (Lipinski definition) is 4. The highest BCUT2D eigenvalue weighted by atomic mass is 79.9. The highest BCUT2D eigenvalue weighted by molar-refractivity contribution is 9.11. The largest absolute Gasteiger partial charge is 0.315 e. The third-order valence-corrected chi connectivity index (χ3v) is 6.26. The van der Waals surface area contributed by atoms with Crippen molar-refractivity contribution in [3.8, 4) is 0 Å². The number of fused-ring (bicyclic) bond motifs is 1. The van der Waals surface area contributed by atoms with Crippen LogP contribution in [0.15, 0.2) is 52.6 Å². The minimum Gasteiger partial charge on any atom is -0.315 e. The van der Waals surface area contributed by atoms with Gasteiger partial charge in [-0.25, -0.2) is 0 Å². The molecule has 1 aromatic carbocycles. The van der Waals surface area contributed by atoms with Gasteiger partial charge in [-0.05, 0) is 64.1 Å². The minimum absolute atomic E-state index is 0.318. The molecule has 0 spiro atoms. The lowest BCUT2D eigenvalue weighted by Gasteiger charge is -2.30. The fourth-order valence-corrected chi connectivity index (χ4v) is 5.01. The Labute approximate surface area is 154 Å². The lowest BCUT2D eigenvalue weighted by molar-refractivity contribution is 0.244. The van der Waals surface area contributed by atoms with Gasteiger partial charge in [0.25, 0.3) is 0 Å². The Bertz CT molecular complexity index is 824. The lowest BCUT2D eigenvalue weighted by atomic mass is 10.00. The van der Waals surface area contributed by atoms with Gasteiger partial charge in [-0.15, -0.1) is 11.3 Å². The summed E-state index contributed by atoms with van der Waals surface area (Å²) in [4.78, 5) is 8.24. The summed E-state index contributed by atoms with van der Waals surface area (Å²) in [6, 6.07) is 13.6. The van der Waals surface area contributed by atoms with E-state index in [1.165, 1.54) is 31.4 Å². The monoisotopic (exact) mass is 401 g/mol. The number of hydrogen-bond donors (Lipinski definition) is 1. The molecule has 2 aromatic heterocycles. The minimum atomic E-state index is 0.318. The molecule has 0 bridgehead atoms. The number of pyridine rings is 1. The molecule has 3 nitrogen and oxygen atoms in total. The second-order valence-corrected chi connectivity index (χ2v) is 8.66. The van der Waals surface area contributed by atoms with E-state index >= 15 is 0 Å². The smallest absolute Gasteiger partial charge is 0.0702 e. The first-order valence-electron chi connectivity index (χ1n) is 8.35. The molecule has 1 unspecified atom stereocenters. The normalized spacial score (nSPS) is 17.7. The Hall–Kier alpha value is -1.27. The number of halogens is 1. The molecule has 124 valence electrons. The highest BCUT2D eigenvalue weighted by Crippen LogP contribution is 2.36. The first-order chi connectivity index (χ1) is 11.8. The first-order valence-corrected chi connectivity index (χ1v) is 9.96. The predicted molar refractivity (Wildman–Crippen MR) is 105 cm³/mol. The van der Waals surface area contributed by atoms with E-state index in [2.05, 4.69) is 67.5 Å². The molecule has 24 heavy (non-hydrogen) atoms. The fourth-order valence-electron chi connectivity index (χ4n) is 3.43. The topological polar surface area (TPSA) is 28.2 Å². The lowest BCUT2D eigenvalue weighted by Crippen LogP contribution is -2.32. The molecule has 3 aromatic rings. The van der Waals surface area contributed by atoms with Crippen molar-refractivity contribution in [1.29, 1.82) is 0 Å². The Morgan fingerprint density at radius 3 is 2.92 bits per heavy atom. The standard InChI is InChI=1S/C19H20BrN3S/c20-18-5-4-17(24-18)19(23-10-1-7-21-9-11-23)15-2-3-16-13-22-8-6-14(16)12-15/h2-6,8,12-13,19,21H,1,7,9-11H2. The molecule has 3 heterocycles. The van der Waals surface area contributed by atoms with E-state index in [4.69, 9.17) is 0 Å². The van der Waals surface area contributed by atoms with E-state index in [0.717, 1.165) is 26.2 Å². The van der Waals surface area contributed by atoms with E-state index in [-0.39, 0.29) is 0 Å². The Morgan fingerprint density at radius 1 is 1.08 bits per heavy atom. The van der Waals surface area contributed by atoms with Crippen LogP contribution in [0.3, 0.4) is 0 Å². The number of nitrogens with zero attached hydrogens (tertiary/aromatic N) is 2. The van der Waals surface area contributed by atoms with Crippen molar-refractivity contribution >= 4 is 38.0 Å². The van der Waals surface area contributed by atoms with Gasteiger partial charge in [-0.3, -0.25) is 9.88 Å². The van der Waals surface area contributed by atoms with Crippen LogP contribution in [0.1, 0.15) is 22.9 Å². The van der Waals surface area contributed by atoms with E-state index in [0.29, 0.717) is 6.04 Å². The molecule has 1 fully saturated rings. The van der Waals surface area contributed by atoms with Crippen molar-refractivity contribution in [3.63, 3.8) is 0 Å². The summed E-state index contributed by atoms with van der Waals surface area (Å²) >= 11 is 5.47. The van der Waals surface area contributed by atoms with Crippen LogP contribution >= 0.6 is 27.3 Å². The molecule has 0 radical (unpaired) electrons. The molecule has 0 aliphatic carbocycles. The highest BCUT2D eigenvalue weighted by Gasteiger charge is 2.24. The van der Waals surface area contributed by atoms with Crippen LogP contribution in [0.4, 0.5) is 0 Å². The SMILES string of the molecule is Brc1ccc(C(c2ccc3cnccc3c2)N2CCCNCC2)s1. The quantitative estimate of drug-likeness (QED) is 0.702. The van der Waals surface area contributed by atoms with Crippen LogP contribution in [-0.2, 0) is 0 Å². The number of nitrogens with one attached hydrogen (secondary N) is 1. The molecule has 4 rings (SSSR count). The maximum absolute atomic E-state index is 4.23. The number of rotatable bonds is 3. The number of thiophene rings is 1. The summed E-state index contributed by atoms with van der Waals surface area (Å²) in [5.74, 6) is 0. The number of benzene rings is 1. The Kier molecular flexibility index (Phi) is 4.94. The number of aromatic nitrogens is 1. The van der Waals surface area contributed by atoms with E-state index in [9.17, 15) is 0 Å². The zero-order valence-corrected chi connectivity index (χ0v) is 15.8. The van der Waals surface area contributed by atoms with Crippen molar-refractivity contribution < 1.29 is 0 Å². The van der Waals surface area contributed by atoms with Crippen LogP contribution in [-0.4, -0.2) is 36.1 Å². The maximum atomic E-state index is 4.23. The molecule has 1 saturated heterocycles. The average Bonchev–Trinajstić information content (AvgIpc) is 2.86. The molecular formula is C19H20BrN3S. The van der Waals surface area contributed by atoms with Crippen LogP contribution in [0.5, 0.6) is 0 Å². The van der Waals surface area contributed by atoms with Gasteiger partial charge in [0, 0.05) is 42.3 Å². The second-order valence-electron chi connectivity index (χ2n) is 6.17. The molecule has 0 amide bonds. The van der Waals surface area contributed by atoms with E-state index in [1.54, 1.807) is 0 Å². The van der Waals surface area contributed by atoms with Gasteiger partial charge in [0.15, 0.2) is 0 Å². The summed E-state index contributed by atoms with van der Waals surface area (Å²) in [6.07, 6.45) is 5.00. The van der Waals surface area contributed by atoms with E-state index < -0.39 is 0 Å². The molecule has 1 aliphatic heterocycles. The molecule has 0 saturated carbocycles. The van der Waals surface area contributed by atoms with Gasteiger partial charge < -0.3 is 5.32 Å². The molecule has 1 atom stereocenters. The molecule has 1 N–H and O–H groups in total. The van der Waals surface area contributed by atoms with Gasteiger partial charge in [0.2, 0.25) is 0 Å². The maximum Gasteiger partial charge on any atom is 0.0702 e. The van der Waals surface area contributed by atoms with E-state index in [1.807, 2.05) is 23.7 Å². The van der Waals surface area contributed by atoms with Crippen LogP contribution < -0.4 is 5.32 Å². The zero-order chi connectivity index (χ0) is 16.4. The summed E-state index contributed by atoms with van der Waals surface area (Å²) in [5.41, 5.74) is 1.37. The van der Waals surface area contributed by atoms with Gasteiger partial charge in [0.05, 0.1) is 9.83 Å². The van der Waals surface area contributed by atoms with Gasteiger partial charge in [0.1, 0.15) is 0 Å². The van der Waals surface area contributed by atoms with Crippen LogP contribution in [0, 0.1) is 0 Å². The summed E-state index contributed by atoms with van der Waals surface area (Å²) in [7, 11) is 0. The van der Waals surface area contributed by atoms with Gasteiger partial charge >= 0.3 is 0 Å². The van der Waals surface area contributed by atoms with Crippen molar-refractivity contribution in [1.82, 2.24) is 15.2 Å². The first kappa shape index (κ1) is 16.2. The van der Waals surface area contributed by atoms with Crippen molar-refractivity contribution in [2.24, 2.45) is 0 Å². The third-order valence-electron chi connectivity index (χ3n) is 4.58. The summed E-state index contributed by atoms with van der Waals surface area (Å²) < 4.78 is 1.19. The second kappa shape index (κ2) is 7.31. The third kappa shape index (κ3) is 3.40. The van der Waals surface area contributed by atoms with Crippen molar-refractivity contribution in [2.75, 3.05) is 26.2 Å². The van der Waals surface area contributed by atoms with Gasteiger partial charge in [-0.2, -0.15) is 0 Å². The molecule has 1 aliphatic rings. The average molecular weight is 402 g/mol. The fraction of sp³-hybridized carbons (Fsp3) is 0.316. The zero-order valence-electron chi connectivity index (χ0n) is 13.4. The molecular weight excluding hydrogens is 382 g/mol. The Morgan fingerprint density at radius 2 is 2.04 bits per heavy atom. The predicted octanol–water partition coefficient (Wildman–Crippen LogP) is 4.44. The summed E-state index contributed by atoms with van der Waals surface area (Å²) in [5, 5.41) is 5.97. The summed E-state index contributed by atoms with van der Waals surface area (Å²) in [6.45, 7) is 4.37. The Balaban J connectivity index is 1.77. The molecule has 5 heteroatoms. The van der Waals surface area contributed by atoms with Crippen molar-refractivity contribution in [2.45, 2.75) is 12.5 Å². The van der Waals surface area contributed by atoms with Gasteiger partial charge in [-0.1, -0.05) is 12.1 Å². The van der Waals surface area contributed by atoms with Crippen LogP contribution in [0.2, 0.25) is 0 Å². The van der Waals surface area contributed by atoms with Crippen LogP contribution in [0.25, 0.3) is 10.8 Å².